The number of amides is 1. The average molecular weight is 289 g/mol. The maximum Gasteiger partial charge on any atom is 0.335 e. The van der Waals surface area contributed by atoms with E-state index in [4.69, 9.17) is 5.11 Å². The molecule has 1 aromatic carbocycles. The van der Waals surface area contributed by atoms with Gasteiger partial charge in [0.2, 0.25) is 5.91 Å². The minimum Gasteiger partial charge on any atom is -0.478 e. The van der Waals surface area contributed by atoms with E-state index >= 15 is 0 Å². The van der Waals surface area contributed by atoms with E-state index in [9.17, 15) is 9.59 Å². The van der Waals surface area contributed by atoms with Crippen LogP contribution in [0.3, 0.4) is 0 Å². The van der Waals surface area contributed by atoms with Gasteiger partial charge in [-0.2, -0.15) is 0 Å². The van der Waals surface area contributed by atoms with Gasteiger partial charge in [-0.15, -0.1) is 11.3 Å². The molecular weight excluding hydrogens is 274 g/mol. The van der Waals surface area contributed by atoms with Crippen molar-refractivity contribution in [2.75, 3.05) is 0 Å². The first-order chi connectivity index (χ1) is 9.58. The first-order valence-electron chi connectivity index (χ1n) is 6.21. The lowest BCUT2D eigenvalue weighted by Gasteiger charge is -2.11. The summed E-state index contributed by atoms with van der Waals surface area (Å²) in [5.41, 5.74) is 1.000. The van der Waals surface area contributed by atoms with Gasteiger partial charge in [-0.1, -0.05) is 18.2 Å². The second-order valence-corrected chi connectivity index (χ2v) is 5.44. The highest BCUT2D eigenvalue weighted by Crippen LogP contribution is 2.20. The Balaban J connectivity index is 1.96. The summed E-state index contributed by atoms with van der Waals surface area (Å²) >= 11 is 1.55. The number of hydrogen-bond donors (Lipinski definition) is 2. The fourth-order valence-corrected chi connectivity index (χ4v) is 2.61. The number of hydrogen-bond acceptors (Lipinski definition) is 3. The van der Waals surface area contributed by atoms with Crippen LogP contribution < -0.4 is 5.32 Å². The van der Waals surface area contributed by atoms with Crippen molar-refractivity contribution in [3.63, 3.8) is 0 Å². The van der Waals surface area contributed by atoms with Crippen LogP contribution in [-0.2, 0) is 11.3 Å². The van der Waals surface area contributed by atoms with Crippen LogP contribution in [0.5, 0.6) is 0 Å². The van der Waals surface area contributed by atoms with Gasteiger partial charge in [0.1, 0.15) is 0 Å². The Morgan fingerprint density at radius 2 is 2.10 bits per heavy atom. The van der Waals surface area contributed by atoms with Gasteiger partial charge in [0.05, 0.1) is 11.5 Å². The van der Waals surface area contributed by atoms with Crippen LogP contribution in [0.15, 0.2) is 41.8 Å². The third-order valence-electron chi connectivity index (χ3n) is 3.00. The molecule has 0 radical (unpaired) electrons. The first-order valence-corrected chi connectivity index (χ1v) is 7.09. The molecule has 2 rings (SSSR count). The van der Waals surface area contributed by atoms with E-state index in [1.165, 1.54) is 6.07 Å². The number of aromatic carboxylic acids is 1. The maximum absolute atomic E-state index is 12.0. The number of carboxylic acids is 1. The number of carbonyl (C=O) groups excluding carboxylic acids is 1. The van der Waals surface area contributed by atoms with Gasteiger partial charge in [-0.05, 0) is 36.1 Å². The third kappa shape index (κ3) is 3.45. The van der Waals surface area contributed by atoms with Crippen LogP contribution >= 0.6 is 11.3 Å². The lowest BCUT2D eigenvalue weighted by atomic mass is 10.1. The van der Waals surface area contributed by atoms with Crippen LogP contribution in [0.4, 0.5) is 0 Å². The van der Waals surface area contributed by atoms with Crippen LogP contribution in [0.25, 0.3) is 0 Å². The average Bonchev–Trinajstić information content (AvgIpc) is 2.98. The molecule has 0 spiro atoms. The van der Waals surface area contributed by atoms with Gasteiger partial charge in [0.15, 0.2) is 0 Å². The summed E-state index contributed by atoms with van der Waals surface area (Å²) in [7, 11) is 0. The summed E-state index contributed by atoms with van der Waals surface area (Å²) in [5.74, 6) is -1.23. The molecule has 0 aliphatic carbocycles. The Morgan fingerprint density at radius 3 is 2.75 bits per heavy atom. The van der Waals surface area contributed by atoms with Crippen LogP contribution in [0, 0.1) is 0 Å². The molecule has 2 aromatic rings. The molecule has 1 amide bonds. The molecule has 104 valence electrons. The van der Waals surface area contributed by atoms with Gasteiger partial charge in [-0.25, -0.2) is 4.79 Å². The number of carbonyl (C=O) groups is 2. The van der Waals surface area contributed by atoms with Crippen molar-refractivity contribution >= 4 is 23.2 Å². The maximum atomic E-state index is 12.0. The lowest BCUT2D eigenvalue weighted by Crippen LogP contribution is -2.27. The smallest absolute Gasteiger partial charge is 0.335 e. The molecular formula is C15H15NO3S. The molecule has 0 bridgehead atoms. The number of nitrogens with one attached hydrogen (secondary N) is 1. The van der Waals surface area contributed by atoms with Gasteiger partial charge in [0.25, 0.3) is 0 Å². The van der Waals surface area contributed by atoms with Gasteiger partial charge in [0, 0.05) is 11.4 Å². The molecule has 0 saturated carbocycles. The largest absolute Gasteiger partial charge is 0.478 e. The lowest BCUT2D eigenvalue weighted by molar-refractivity contribution is -0.122. The zero-order valence-corrected chi connectivity index (χ0v) is 11.8. The van der Waals surface area contributed by atoms with E-state index < -0.39 is 5.97 Å². The van der Waals surface area contributed by atoms with Crippen LogP contribution in [0.1, 0.15) is 33.6 Å². The minimum absolute atomic E-state index is 0.0619. The zero-order chi connectivity index (χ0) is 14.5. The summed E-state index contributed by atoms with van der Waals surface area (Å²) in [5, 5.41) is 13.7. The third-order valence-corrected chi connectivity index (χ3v) is 4.06. The summed E-state index contributed by atoms with van der Waals surface area (Å²) in [6.07, 6.45) is 0. The van der Waals surface area contributed by atoms with Crippen LogP contribution in [0.2, 0.25) is 0 Å². The van der Waals surface area contributed by atoms with E-state index in [0.29, 0.717) is 6.54 Å². The van der Waals surface area contributed by atoms with Crippen molar-refractivity contribution in [1.29, 1.82) is 0 Å². The van der Waals surface area contributed by atoms with Crippen molar-refractivity contribution in [2.45, 2.75) is 19.4 Å². The van der Waals surface area contributed by atoms with Gasteiger partial charge >= 0.3 is 5.97 Å². The predicted octanol–water partition coefficient (Wildman–Crippen LogP) is 2.87. The molecule has 0 fully saturated rings. The number of thiophene rings is 1. The van der Waals surface area contributed by atoms with Crippen molar-refractivity contribution in [1.82, 2.24) is 5.32 Å². The number of rotatable bonds is 5. The topological polar surface area (TPSA) is 66.4 Å². The number of carboxylic acid groups (broad SMARTS) is 1. The molecule has 1 heterocycles. The Hall–Kier alpha value is -2.14. The molecule has 1 unspecified atom stereocenters. The summed E-state index contributed by atoms with van der Waals surface area (Å²) in [6.45, 7) is 2.19. The quantitative estimate of drug-likeness (QED) is 0.889. The minimum atomic E-state index is -0.967. The van der Waals surface area contributed by atoms with Crippen molar-refractivity contribution in [3.05, 3.63) is 57.8 Å². The fourth-order valence-electron chi connectivity index (χ4n) is 1.82. The molecule has 2 N–H and O–H groups in total. The van der Waals surface area contributed by atoms with Gasteiger partial charge < -0.3 is 10.4 Å². The molecule has 5 heteroatoms. The molecule has 0 aliphatic heterocycles. The van der Waals surface area contributed by atoms with E-state index in [-0.39, 0.29) is 17.4 Å². The standard InChI is InChI=1S/C15H15NO3S/c1-10(13-6-3-7-20-13)14(17)16-9-11-4-2-5-12(8-11)15(18)19/h2-8,10H,9H2,1H3,(H,16,17)(H,18,19). The highest BCUT2D eigenvalue weighted by molar-refractivity contribution is 7.10. The van der Waals surface area contributed by atoms with E-state index in [2.05, 4.69) is 5.32 Å². The SMILES string of the molecule is CC(C(=O)NCc1cccc(C(=O)O)c1)c1cccs1. The second-order valence-electron chi connectivity index (χ2n) is 4.46. The Bertz CT molecular complexity index is 607. The zero-order valence-electron chi connectivity index (χ0n) is 11.0. The van der Waals surface area contributed by atoms with Crippen molar-refractivity contribution in [2.24, 2.45) is 0 Å². The number of benzene rings is 1. The summed E-state index contributed by atoms with van der Waals surface area (Å²) in [6, 6.07) is 10.4. The first kappa shape index (κ1) is 14.3. The normalized spacial score (nSPS) is 11.8. The van der Waals surface area contributed by atoms with E-state index in [1.807, 2.05) is 24.4 Å². The second kappa shape index (κ2) is 6.34. The molecule has 20 heavy (non-hydrogen) atoms. The van der Waals surface area contributed by atoms with Crippen molar-refractivity contribution < 1.29 is 14.7 Å². The molecule has 0 aliphatic rings. The molecule has 4 nitrogen and oxygen atoms in total. The molecule has 0 saturated heterocycles. The Kier molecular flexibility index (Phi) is 4.53. The van der Waals surface area contributed by atoms with Crippen molar-refractivity contribution in [3.8, 4) is 0 Å². The highest BCUT2D eigenvalue weighted by atomic mass is 32.1. The molecule has 1 aromatic heterocycles. The predicted molar refractivity (Wildman–Crippen MR) is 78.0 cm³/mol. The van der Waals surface area contributed by atoms with Gasteiger partial charge in [-0.3, -0.25) is 4.79 Å². The summed E-state index contributed by atoms with van der Waals surface area (Å²) in [4.78, 5) is 23.9. The monoisotopic (exact) mass is 289 g/mol. The Labute approximate surface area is 121 Å². The Morgan fingerprint density at radius 1 is 1.30 bits per heavy atom. The molecule has 1 atom stereocenters. The highest BCUT2D eigenvalue weighted by Gasteiger charge is 2.15. The van der Waals surface area contributed by atoms with E-state index in [1.54, 1.807) is 29.5 Å². The fraction of sp³-hybridized carbons (Fsp3) is 0.200. The van der Waals surface area contributed by atoms with E-state index in [0.717, 1.165) is 10.4 Å². The summed E-state index contributed by atoms with van der Waals surface area (Å²) < 4.78 is 0. The van der Waals surface area contributed by atoms with Crippen LogP contribution in [-0.4, -0.2) is 17.0 Å².